The van der Waals surface area contributed by atoms with Crippen molar-refractivity contribution in [3.05, 3.63) is 41.1 Å². The minimum Gasteiger partial charge on any atom is -0.494 e. The first-order valence-electron chi connectivity index (χ1n) is 10.3. The van der Waals surface area contributed by atoms with Crippen molar-refractivity contribution in [2.24, 2.45) is 5.92 Å². The van der Waals surface area contributed by atoms with E-state index in [1.807, 2.05) is 24.3 Å². The predicted molar refractivity (Wildman–Crippen MR) is 107 cm³/mol. The highest BCUT2D eigenvalue weighted by Gasteiger charge is 2.32. The summed E-state index contributed by atoms with van der Waals surface area (Å²) in [5.41, 5.74) is 1.81. The molecule has 1 aromatic rings. The van der Waals surface area contributed by atoms with Gasteiger partial charge in [-0.1, -0.05) is 38.3 Å². The summed E-state index contributed by atoms with van der Waals surface area (Å²) < 4.78 is 11.3. The molecule has 1 aliphatic heterocycles. The van der Waals surface area contributed by atoms with Crippen LogP contribution in [0.25, 0.3) is 0 Å². The third-order valence-electron chi connectivity index (χ3n) is 5.35. The third kappa shape index (κ3) is 5.06. The van der Waals surface area contributed by atoms with E-state index in [1.165, 1.54) is 19.3 Å². The normalized spacial score (nSPS) is 20.4. The van der Waals surface area contributed by atoms with Crippen LogP contribution in [0.2, 0.25) is 0 Å². The van der Waals surface area contributed by atoms with Crippen LogP contribution >= 0.6 is 0 Å². The van der Waals surface area contributed by atoms with Crippen LogP contribution in [0.15, 0.2) is 35.5 Å². The van der Waals surface area contributed by atoms with Crippen LogP contribution < -0.4 is 15.4 Å². The van der Waals surface area contributed by atoms with Gasteiger partial charge in [-0.3, -0.25) is 0 Å². The number of esters is 1. The number of carbonyl (C=O) groups is 2. The Morgan fingerprint density at radius 1 is 1.14 bits per heavy atom. The van der Waals surface area contributed by atoms with Crippen LogP contribution in [0.1, 0.15) is 64.0 Å². The molecule has 0 spiro atoms. The molecule has 2 aliphatic rings. The Hall–Kier alpha value is -2.50. The summed E-state index contributed by atoms with van der Waals surface area (Å²) in [6, 6.07) is 6.62. The van der Waals surface area contributed by atoms with E-state index in [-0.39, 0.29) is 12.0 Å². The fraction of sp³-hybridized carbons (Fsp3) is 0.545. The first-order valence-corrected chi connectivity index (χ1v) is 10.3. The lowest BCUT2D eigenvalue weighted by Crippen LogP contribution is -2.45. The number of allylic oxidation sites excluding steroid dienone is 1. The van der Waals surface area contributed by atoms with Crippen molar-refractivity contribution in [2.75, 3.05) is 13.2 Å². The highest BCUT2D eigenvalue weighted by Crippen LogP contribution is 2.30. The van der Waals surface area contributed by atoms with Gasteiger partial charge in [0.1, 0.15) is 5.75 Å². The van der Waals surface area contributed by atoms with Gasteiger partial charge in [0.2, 0.25) is 0 Å². The van der Waals surface area contributed by atoms with Crippen molar-refractivity contribution in [3.8, 4) is 5.75 Å². The van der Waals surface area contributed by atoms with Crippen molar-refractivity contribution >= 4 is 12.0 Å². The van der Waals surface area contributed by atoms with Crippen LogP contribution in [0.3, 0.4) is 0 Å². The summed E-state index contributed by atoms with van der Waals surface area (Å²) in [5.74, 6) is 0.845. The van der Waals surface area contributed by atoms with Crippen LogP contribution in [-0.2, 0) is 9.53 Å². The van der Waals surface area contributed by atoms with E-state index in [2.05, 4.69) is 17.6 Å². The fourth-order valence-electron chi connectivity index (χ4n) is 3.82. The van der Waals surface area contributed by atoms with Crippen LogP contribution in [-0.4, -0.2) is 25.2 Å². The van der Waals surface area contributed by atoms with Gasteiger partial charge in [0, 0.05) is 5.70 Å². The van der Waals surface area contributed by atoms with Crippen molar-refractivity contribution in [1.29, 1.82) is 0 Å². The molecule has 1 aliphatic carbocycles. The van der Waals surface area contributed by atoms with Crippen LogP contribution in [0.4, 0.5) is 4.79 Å². The highest BCUT2D eigenvalue weighted by atomic mass is 16.5. The fourth-order valence-corrected chi connectivity index (χ4v) is 3.82. The van der Waals surface area contributed by atoms with E-state index in [4.69, 9.17) is 9.47 Å². The first-order chi connectivity index (χ1) is 13.6. The predicted octanol–water partition coefficient (Wildman–Crippen LogP) is 4.23. The minimum absolute atomic E-state index is 0.322. The van der Waals surface area contributed by atoms with Crippen LogP contribution in [0.5, 0.6) is 5.75 Å². The summed E-state index contributed by atoms with van der Waals surface area (Å²) in [4.78, 5) is 24.9. The number of hydrogen-bond donors (Lipinski definition) is 2. The van der Waals surface area contributed by atoms with E-state index in [0.717, 1.165) is 30.6 Å². The zero-order valence-electron chi connectivity index (χ0n) is 16.8. The second-order valence-corrected chi connectivity index (χ2v) is 7.59. The Labute approximate surface area is 166 Å². The van der Waals surface area contributed by atoms with Gasteiger partial charge < -0.3 is 20.1 Å². The van der Waals surface area contributed by atoms with E-state index >= 15 is 0 Å². The van der Waals surface area contributed by atoms with Crippen molar-refractivity contribution in [2.45, 2.75) is 58.4 Å². The van der Waals surface area contributed by atoms with E-state index in [0.29, 0.717) is 30.4 Å². The van der Waals surface area contributed by atoms with Gasteiger partial charge in [0.05, 0.1) is 24.8 Å². The van der Waals surface area contributed by atoms with E-state index in [1.54, 1.807) is 6.92 Å². The number of amides is 2. The molecular formula is C22H30N2O4. The molecule has 1 heterocycles. The van der Waals surface area contributed by atoms with Crippen LogP contribution in [0, 0.1) is 5.92 Å². The SMILES string of the molecule is CCCOc1ccc(C2NC(=O)NC(C)=C2C(=O)OCC2CCCCC2)cc1. The number of ether oxygens (including phenoxy) is 2. The molecule has 0 saturated heterocycles. The molecule has 0 radical (unpaired) electrons. The number of benzene rings is 1. The zero-order chi connectivity index (χ0) is 19.9. The number of nitrogens with one attached hydrogen (secondary N) is 2. The van der Waals surface area contributed by atoms with Gasteiger partial charge in [-0.25, -0.2) is 9.59 Å². The largest absolute Gasteiger partial charge is 0.494 e. The van der Waals surface area contributed by atoms with Gasteiger partial charge in [0.25, 0.3) is 0 Å². The van der Waals surface area contributed by atoms with Gasteiger partial charge in [-0.05, 0) is 49.8 Å². The molecular weight excluding hydrogens is 356 g/mol. The highest BCUT2D eigenvalue weighted by molar-refractivity contribution is 5.95. The quantitative estimate of drug-likeness (QED) is 0.688. The lowest BCUT2D eigenvalue weighted by atomic mass is 9.90. The van der Waals surface area contributed by atoms with Crippen molar-refractivity contribution < 1.29 is 19.1 Å². The zero-order valence-corrected chi connectivity index (χ0v) is 16.8. The van der Waals surface area contributed by atoms with Gasteiger partial charge in [0.15, 0.2) is 0 Å². The molecule has 28 heavy (non-hydrogen) atoms. The average Bonchev–Trinajstić information content (AvgIpc) is 2.71. The molecule has 152 valence electrons. The van der Waals surface area contributed by atoms with Gasteiger partial charge >= 0.3 is 12.0 Å². The number of urea groups is 1. The maximum atomic E-state index is 12.9. The maximum absolute atomic E-state index is 12.9. The Morgan fingerprint density at radius 3 is 2.54 bits per heavy atom. The standard InChI is InChI=1S/C22H30N2O4/c1-3-13-27-18-11-9-17(10-12-18)20-19(15(2)23-22(26)24-20)21(25)28-14-16-7-5-4-6-8-16/h9-12,16,20H,3-8,13-14H2,1-2H3,(H2,23,24,26). The minimum atomic E-state index is -0.534. The molecule has 2 amide bonds. The molecule has 1 saturated carbocycles. The summed E-state index contributed by atoms with van der Waals surface area (Å²) in [7, 11) is 0. The summed E-state index contributed by atoms with van der Waals surface area (Å²) in [5, 5.41) is 5.54. The lowest BCUT2D eigenvalue weighted by Gasteiger charge is -2.29. The summed E-state index contributed by atoms with van der Waals surface area (Å²) in [6.45, 7) is 4.89. The molecule has 6 heteroatoms. The number of hydrogen-bond acceptors (Lipinski definition) is 4. The molecule has 3 rings (SSSR count). The summed E-state index contributed by atoms with van der Waals surface area (Å²) >= 11 is 0. The second-order valence-electron chi connectivity index (χ2n) is 7.59. The molecule has 2 N–H and O–H groups in total. The molecule has 6 nitrogen and oxygen atoms in total. The average molecular weight is 386 g/mol. The topological polar surface area (TPSA) is 76.7 Å². The maximum Gasteiger partial charge on any atom is 0.338 e. The van der Waals surface area contributed by atoms with Crippen molar-refractivity contribution in [1.82, 2.24) is 10.6 Å². The molecule has 1 unspecified atom stereocenters. The van der Waals surface area contributed by atoms with E-state index < -0.39 is 6.04 Å². The number of rotatable bonds is 7. The Balaban J connectivity index is 1.73. The second kappa shape index (κ2) is 9.62. The Bertz CT molecular complexity index is 721. The third-order valence-corrected chi connectivity index (χ3v) is 5.35. The number of carbonyl (C=O) groups excluding carboxylic acids is 2. The summed E-state index contributed by atoms with van der Waals surface area (Å²) in [6.07, 6.45) is 6.84. The van der Waals surface area contributed by atoms with E-state index in [9.17, 15) is 9.59 Å². The van der Waals surface area contributed by atoms with Gasteiger partial charge in [-0.15, -0.1) is 0 Å². The Kier molecular flexibility index (Phi) is 6.95. The molecule has 0 bridgehead atoms. The van der Waals surface area contributed by atoms with Gasteiger partial charge in [-0.2, -0.15) is 0 Å². The molecule has 1 atom stereocenters. The van der Waals surface area contributed by atoms with Crippen molar-refractivity contribution in [3.63, 3.8) is 0 Å². The monoisotopic (exact) mass is 386 g/mol. The lowest BCUT2D eigenvalue weighted by molar-refractivity contribution is -0.141. The Morgan fingerprint density at radius 2 is 1.86 bits per heavy atom. The molecule has 1 aromatic carbocycles. The molecule has 0 aromatic heterocycles. The first kappa shape index (κ1) is 20.2. The molecule has 1 fully saturated rings. The smallest absolute Gasteiger partial charge is 0.338 e.